The van der Waals surface area contributed by atoms with Crippen molar-refractivity contribution in [3.05, 3.63) is 85.1 Å². The van der Waals surface area contributed by atoms with E-state index in [0.717, 1.165) is 83.5 Å². The summed E-state index contributed by atoms with van der Waals surface area (Å²) in [5.74, 6) is -0.160. The summed E-state index contributed by atoms with van der Waals surface area (Å²) in [5, 5.41) is 14.1. The van der Waals surface area contributed by atoms with Gasteiger partial charge in [-0.05, 0) is 70.6 Å². The van der Waals surface area contributed by atoms with Crippen molar-refractivity contribution in [2.24, 2.45) is 0 Å². The number of carbonyl (C=O) groups is 1. The van der Waals surface area contributed by atoms with Crippen LogP contribution in [-0.2, 0) is 18.4 Å². The van der Waals surface area contributed by atoms with Gasteiger partial charge in [0, 0.05) is 6.42 Å². The summed E-state index contributed by atoms with van der Waals surface area (Å²) in [4.78, 5) is 25.7. The second-order valence-electron chi connectivity index (χ2n) is 27.7. The first kappa shape index (κ1) is 87.7. The lowest BCUT2D eigenvalue weighted by Crippen LogP contribution is -2.46. The number of likely N-dealkylation sites (N-methyl/N-ethyl adjacent to an activating group) is 1. The number of rotatable bonds is 72. The van der Waals surface area contributed by atoms with Crippen molar-refractivity contribution in [2.45, 2.75) is 386 Å². The molecule has 90 heavy (non-hydrogen) atoms. The van der Waals surface area contributed by atoms with Crippen LogP contribution in [0.15, 0.2) is 85.1 Å². The Balaban J connectivity index is 3.97. The molecular formula is C81H151N2O6P. The Hall–Kier alpha value is -2.32. The van der Waals surface area contributed by atoms with Crippen LogP contribution in [0.25, 0.3) is 0 Å². The molecule has 1 amide bonds. The van der Waals surface area contributed by atoms with E-state index in [4.69, 9.17) is 9.05 Å². The lowest BCUT2D eigenvalue weighted by Gasteiger charge is -2.30. The van der Waals surface area contributed by atoms with E-state index in [9.17, 15) is 19.4 Å². The van der Waals surface area contributed by atoms with E-state index in [1.54, 1.807) is 0 Å². The van der Waals surface area contributed by atoms with E-state index in [0.29, 0.717) is 23.9 Å². The molecule has 0 aliphatic carbocycles. The highest BCUT2D eigenvalue weighted by Crippen LogP contribution is 2.38. The number of aliphatic hydroxyl groups is 1. The molecule has 8 nitrogen and oxygen atoms in total. The highest BCUT2D eigenvalue weighted by molar-refractivity contribution is 7.45. The van der Waals surface area contributed by atoms with Crippen molar-refractivity contribution in [3.63, 3.8) is 0 Å². The van der Waals surface area contributed by atoms with Crippen molar-refractivity contribution in [1.82, 2.24) is 5.32 Å². The van der Waals surface area contributed by atoms with Crippen LogP contribution < -0.4 is 10.2 Å². The zero-order valence-corrected chi connectivity index (χ0v) is 61.2. The number of quaternary nitrogens is 1. The van der Waals surface area contributed by atoms with E-state index in [1.165, 1.54) is 263 Å². The number of nitrogens with one attached hydrogen (secondary N) is 1. The summed E-state index contributed by atoms with van der Waals surface area (Å²) in [5.41, 5.74) is 0. The van der Waals surface area contributed by atoms with Gasteiger partial charge in [0.15, 0.2) is 0 Å². The van der Waals surface area contributed by atoms with Crippen LogP contribution in [-0.4, -0.2) is 68.5 Å². The standard InChI is InChI=1S/C81H151N2O6P/c1-6-8-10-12-14-16-18-20-22-24-26-28-30-32-34-36-37-38-39-40-41-42-43-44-45-47-49-51-53-55-57-59-61-63-65-67-69-71-73-75-81(85)82-79(78-89-90(86,87)88-77-76-83(3,4)5)80(84)74-72-70-68-66-64-62-60-58-56-54-52-50-48-46-35-33-31-29-27-25-23-21-19-17-15-13-11-9-7-2/h8,10,14,16,20,22,26,28,32,34,37-38,40-41,79-80,84H,6-7,9,11-13,15,17-19,21,23-25,27,29-31,33,35-36,39,42-78H2,1-5H3,(H-,82,85,86,87)/b10-8-,16-14-,22-20-,28-26-,34-32-,38-37-,41-40-. The number of nitrogens with zero attached hydrogens (tertiary/aromatic N) is 1. The molecule has 0 aromatic heterocycles. The summed E-state index contributed by atoms with van der Waals surface area (Å²) in [6.45, 7) is 4.66. The van der Waals surface area contributed by atoms with Gasteiger partial charge in [0.25, 0.3) is 7.82 Å². The fourth-order valence-corrected chi connectivity index (χ4v) is 12.4. The van der Waals surface area contributed by atoms with Gasteiger partial charge in [0.2, 0.25) is 5.91 Å². The molecule has 0 fully saturated rings. The average molecular weight is 1280 g/mol. The molecule has 0 aromatic rings. The highest BCUT2D eigenvalue weighted by atomic mass is 31.2. The predicted molar refractivity (Wildman–Crippen MR) is 394 cm³/mol. The van der Waals surface area contributed by atoms with Crippen molar-refractivity contribution in [3.8, 4) is 0 Å². The molecule has 0 heterocycles. The molecule has 0 saturated heterocycles. The fourth-order valence-electron chi connectivity index (χ4n) is 11.7. The second-order valence-corrected chi connectivity index (χ2v) is 29.1. The van der Waals surface area contributed by atoms with Gasteiger partial charge in [-0.2, -0.15) is 0 Å². The topological polar surface area (TPSA) is 108 Å². The van der Waals surface area contributed by atoms with Gasteiger partial charge in [-0.3, -0.25) is 9.36 Å². The van der Waals surface area contributed by atoms with E-state index in [-0.39, 0.29) is 19.1 Å². The summed E-state index contributed by atoms with van der Waals surface area (Å²) in [6, 6.07) is -0.805. The van der Waals surface area contributed by atoms with Crippen LogP contribution in [0.1, 0.15) is 373 Å². The lowest BCUT2D eigenvalue weighted by molar-refractivity contribution is -0.870. The Morgan fingerprint density at radius 2 is 0.678 bits per heavy atom. The molecular weight excluding hydrogens is 1130 g/mol. The molecule has 0 aliphatic heterocycles. The molecule has 3 atom stereocenters. The second kappa shape index (κ2) is 71.0. The Labute approximate surface area is 560 Å². The summed E-state index contributed by atoms with van der Waals surface area (Å²) >= 11 is 0. The zero-order chi connectivity index (χ0) is 65.5. The maximum atomic E-state index is 13.1. The molecule has 2 N–H and O–H groups in total. The first-order valence-corrected chi connectivity index (χ1v) is 40.4. The molecule has 3 unspecified atom stereocenters. The van der Waals surface area contributed by atoms with Gasteiger partial charge in [-0.25, -0.2) is 0 Å². The number of aliphatic hydroxyl groups excluding tert-OH is 1. The Bertz CT molecular complexity index is 1750. The number of hydrogen-bond acceptors (Lipinski definition) is 6. The molecule has 0 spiro atoms. The maximum absolute atomic E-state index is 13.1. The van der Waals surface area contributed by atoms with E-state index >= 15 is 0 Å². The molecule has 0 bridgehead atoms. The normalized spacial score (nSPS) is 14.0. The van der Waals surface area contributed by atoms with Crippen molar-refractivity contribution >= 4 is 13.7 Å². The average Bonchev–Trinajstić information content (AvgIpc) is 3.72. The fraction of sp³-hybridized carbons (Fsp3) is 0.815. The third-order valence-electron chi connectivity index (χ3n) is 17.6. The number of allylic oxidation sites excluding steroid dienone is 14. The largest absolute Gasteiger partial charge is 0.756 e. The van der Waals surface area contributed by atoms with Gasteiger partial charge in [0.1, 0.15) is 13.2 Å². The number of carbonyl (C=O) groups excluding carboxylic acids is 1. The molecule has 0 radical (unpaired) electrons. The molecule has 9 heteroatoms. The number of phosphoric ester groups is 1. The van der Waals surface area contributed by atoms with E-state index in [2.05, 4.69) is 104 Å². The summed E-state index contributed by atoms with van der Waals surface area (Å²) in [7, 11) is 1.32. The first-order chi connectivity index (χ1) is 44.0. The molecule has 0 saturated carbocycles. The molecule has 0 rings (SSSR count). The third-order valence-corrected chi connectivity index (χ3v) is 18.6. The number of amides is 1. The quantitative estimate of drug-likeness (QED) is 0.0272. The summed E-state index contributed by atoms with van der Waals surface area (Å²) in [6.07, 6.45) is 101. The van der Waals surface area contributed by atoms with Gasteiger partial charge >= 0.3 is 0 Å². The van der Waals surface area contributed by atoms with Gasteiger partial charge in [-0.15, -0.1) is 0 Å². The number of phosphoric acid groups is 1. The molecule has 526 valence electrons. The van der Waals surface area contributed by atoms with E-state index in [1.807, 2.05) is 21.1 Å². The van der Waals surface area contributed by atoms with Crippen LogP contribution in [0.4, 0.5) is 0 Å². The van der Waals surface area contributed by atoms with Gasteiger partial charge in [0.05, 0.1) is 39.9 Å². The first-order valence-electron chi connectivity index (χ1n) is 38.9. The number of hydrogen-bond donors (Lipinski definition) is 2. The van der Waals surface area contributed by atoms with Crippen LogP contribution in [0.3, 0.4) is 0 Å². The van der Waals surface area contributed by atoms with Crippen LogP contribution in [0, 0.1) is 0 Å². The minimum Gasteiger partial charge on any atom is -0.756 e. The Morgan fingerprint density at radius 3 is 0.989 bits per heavy atom. The van der Waals surface area contributed by atoms with Gasteiger partial charge < -0.3 is 28.8 Å². The monoisotopic (exact) mass is 1280 g/mol. The Kier molecular flexibility index (Phi) is 69.2. The maximum Gasteiger partial charge on any atom is 0.268 e. The zero-order valence-electron chi connectivity index (χ0n) is 60.3. The smallest absolute Gasteiger partial charge is 0.268 e. The van der Waals surface area contributed by atoms with Crippen LogP contribution in [0.2, 0.25) is 0 Å². The van der Waals surface area contributed by atoms with Crippen molar-refractivity contribution < 1.29 is 32.9 Å². The number of unbranched alkanes of at least 4 members (excludes halogenated alkanes) is 45. The van der Waals surface area contributed by atoms with E-state index < -0.39 is 20.0 Å². The molecule has 0 aromatic carbocycles. The van der Waals surface area contributed by atoms with Gasteiger partial charge in [-0.1, -0.05) is 381 Å². The predicted octanol–water partition coefficient (Wildman–Crippen LogP) is 24.8. The molecule has 0 aliphatic rings. The minimum absolute atomic E-state index is 0.0118. The summed E-state index contributed by atoms with van der Waals surface area (Å²) < 4.78 is 23.6. The third kappa shape index (κ3) is 73.1. The van der Waals surface area contributed by atoms with Crippen molar-refractivity contribution in [2.75, 3.05) is 40.9 Å². The van der Waals surface area contributed by atoms with Crippen LogP contribution >= 0.6 is 7.82 Å². The van der Waals surface area contributed by atoms with Crippen LogP contribution in [0.5, 0.6) is 0 Å². The lowest BCUT2D eigenvalue weighted by atomic mass is 10.0. The van der Waals surface area contributed by atoms with Crippen molar-refractivity contribution in [1.29, 1.82) is 0 Å². The highest BCUT2D eigenvalue weighted by Gasteiger charge is 2.24. The SMILES string of the molecule is CC/C=C\C/C=C\C/C=C\C/C=C\C/C=C\C/C=C\C/C=C\CCCCCCCCCCCCCCCCCCCC(=O)NC(COP(=O)([O-])OCC[N+](C)(C)C)C(O)CCCCCCCCCCCCCCCCCCCCCCCCCCCCCCC. The Morgan fingerprint density at radius 1 is 0.400 bits per heavy atom. The minimum atomic E-state index is -4.59.